The van der Waals surface area contributed by atoms with Crippen molar-refractivity contribution in [3.05, 3.63) is 69.7 Å². The van der Waals surface area contributed by atoms with Crippen molar-refractivity contribution in [3.63, 3.8) is 0 Å². The number of aliphatic imine (C=N–C) groups is 1. The van der Waals surface area contributed by atoms with Crippen LogP contribution in [0.2, 0.25) is 10.0 Å². The predicted molar refractivity (Wildman–Crippen MR) is 146 cm³/mol. The fourth-order valence-electron chi connectivity index (χ4n) is 3.31. The molecule has 0 aliphatic rings. The third kappa shape index (κ3) is 9.99. The Morgan fingerprint density at radius 1 is 1.14 bits per heavy atom. The summed E-state index contributed by atoms with van der Waals surface area (Å²) in [4.78, 5) is 19.4. The Kier molecular flexibility index (Phi) is 12.1. The highest BCUT2D eigenvalue weighted by Gasteiger charge is 2.08. The van der Waals surface area contributed by atoms with Crippen LogP contribution in [0.15, 0.2) is 53.5 Å². The van der Waals surface area contributed by atoms with Crippen molar-refractivity contribution in [3.8, 4) is 6.19 Å². The van der Waals surface area contributed by atoms with E-state index >= 15 is 0 Å². The van der Waals surface area contributed by atoms with Crippen molar-refractivity contribution in [2.75, 3.05) is 38.6 Å². The van der Waals surface area contributed by atoms with Crippen LogP contribution in [-0.4, -0.2) is 50.5 Å². The number of nitrogens with two attached hydrogens (primary N) is 1. The predicted octanol–water partition coefficient (Wildman–Crippen LogP) is 4.70. The van der Waals surface area contributed by atoms with Crippen molar-refractivity contribution in [1.29, 1.82) is 5.26 Å². The number of carbonyl (C=O) groups is 1. The minimum absolute atomic E-state index is 0.00608. The smallest absolute Gasteiger partial charge is 0.223 e. The van der Waals surface area contributed by atoms with Gasteiger partial charge in [-0.15, -0.1) is 0 Å². The van der Waals surface area contributed by atoms with Gasteiger partial charge in [0.15, 0.2) is 6.19 Å². The molecule has 0 radical (unpaired) electrons. The summed E-state index contributed by atoms with van der Waals surface area (Å²) in [6.07, 6.45) is 8.85. The maximum Gasteiger partial charge on any atom is 0.223 e. The number of carbonyl (C=O) groups excluding carboxylic acids is 1. The monoisotopic (exact) mass is 514 g/mol. The lowest BCUT2D eigenvalue weighted by molar-refractivity contribution is -0.120. The normalized spacial score (nSPS) is 11.6. The van der Waals surface area contributed by atoms with Gasteiger partial charge in [0.1, 0.15) is 0 Å². The fourth-order valence-corrected chi connectivity index (χ4v) is 3.63. The average Bonchev–Trinajstić information content (AvgIpc) is 2.85. The van der Waals surface area contributed by atoms with Crippen LogP contribution in [0.5, 0.6) is 0 Å². The number of nitrogens with zero attached hydrogens (tertiary/aromatic N) is 4. The topological polar surface area (TPSA) is 97.7 Å². The van der Waals surface area contributed by atoms with E-state index in [0.717, 1.165) is 37.9 Å². The lowest BCUT2D eigenvalue weighted by atomic mass is 10.1. The molecule has 0 aliphatic heterocycles. The molecule has 0 saturated heterocycles. The van der Waals surface area contributed by atoms with Gasteiger partial charge in [-0.3, -0.25) is 9.79 Å². The van der Waals surface area contributed by atoms with E-state index in [9.17, 15) is 10.1 Å². The van der Waals surface area contributed by atoms with E-state index in [2.05, 4.69) is 22.3 Å². The third-order valence-corrected chi connectivity index (χ3v) is 6.12. The number of benzene rings is 2. The Hall–Kier alpha value is -3.05. The van der Waals surface area contributed by atoms with Gasteiger partial charge in [-0.1, -0.05) is 53.6 Å². The van der Waals surface area contributed by atoms with Gasteiger partial charge in [0.2, 0.25) is 11.9 Å². The number of nitrogens with one attached hydrogen (secondary N) is 1. The van der Waals surface area contributed by atoms with Crippen molar-refractivity contribution in [2.24, 2.45) is 10.7 Å². The highest BCUT2D eigenvalue weighted by molar-refractivity contribution is 6.42. The van der Waals surface area contributed by atoms with Crippen molar-refractivity contribution < 1.29 is 4.79 Å². The number of anilines is 1. The number of rotatable bonds is 12. The highest BCUT2D eigenvalue weighted by atomic mass is 35.5. The van der Waals surface area contributed by atoms with Crippen LogP contribution < -0.4 is 16.0 Å². The molecule has 0 atom stereocenters. The van der Waals surface area contributed by atoms with Crippen LogP contribution in [0.3, 0.4) is 0 Å². The maximum atomic E-state index is 12.1. The third-order valence-electron chi connectivity index (χ3n) is 5.38. The van der Waals surface area contributed by atoms with Gasteiger partial charge in [0.25, 0.3) is 0 Å². The van der Waals surface area contributed by atoms with Crippen molar-refractivity contribution in [2.45, 2.75) is 25.7 Å². The molecule has 0 unspecified atom stereocenters. The second-order valence-electron chi connectivity index (χ2n) is 8.07. The number of guanidine groups is 1. The number of amides is 1. The van der Waals surface area contributed by atoms with Crippen LogP contribution in [0.1, 0.15) is 30.4 Å². The quantitative estimate of drug-likeness (QED) is 0.140. The number of hydrogen-bond acceptors (Lipinski definition) is 4. The lowest BCUT2D eigenvalue weighted by Crippen LogP contribution is -2.33. The molecule has 186 valence electrons. The molecule has 0 aliphatic carbocycles. The SMILES string of the molecule is CN=C(N)N(C#N)c1ccc(/C=C/CC(=O)NCCCCN(C)CCc2ccc(Cl)c(Cl)c2)cc1. The Bertz CT molecular complexity index is 1060. The van der Waals surface area contributed by atoms with E-state index in [4.69, 9.17) is 28.9 Å². The summed E-state index contributed by atoms with van der Waals surface area (Å²) in [6, 6.07) is 13.0. The molecule has 7 nitrogen and oxygen atoms in total. The van der Waals surface area contributed by atoms with E-state index in [0.29, 0.717) is 28.7 Å². The Morgan fingerprint density at radius 3 is 2.54 bits per heavy atom. The summed E-state index contributed by atoms with van der Waals surface area (Å²) in [5.41, 5.74) is 8.44. The second-order valence-corrected chi connectivity index (χ2v) is 8.89. The maximum absolute atomic E-state index is 12.1. The fraction of sp³-hybridized carbons (Fsp3) is 0.346. The Labute approximate surface area is 217 Å². The number of hydrogen-bond donors (Lipinski definition) is 2. The molecule has 9 heteroatoms. The zero-order valence-electron chi connectivity index (χ0n) is 20.2. The van der Waals surface area contributed by atoms with E-state index in [1.54, 1.807) is 12.1 Å². The van der Waals surface area contributed by atoms with Crippen LogP contribution >= 0.6 is 23.2 Å². The first-order chi connectivity index (χ1) is 16.8. The zero-order chi connectivity index (χ0) is 25.6. The molecule has 2 rings (SSSR count). The van der Waals surface area contributed by atoms with E-state index in [-0.39, 0.29) is 11.9 Å². The molecule has 3 N–H and O–H groups in total. The van der Waals surface area contributed by atoms with Gasteiger partial charge in [-0.25, -0.2) is 4.90 Å². The Balaban J connectivity index is 1.61. The highest BCUT2D eigenvalue weighted by Crippen LogP contribution is 2.22. The molecule has 0 bridgehead atoms. The van der Waals surface area contributed by atoms with Crippen LogP contribution in [0.25, 0.3) is 6.08 Å². The molecule has 1 amide bonds. The zero-order valence-corrected chi connectivity index (χ0v) is 21.7. The lowest BCUT2D eigenvalue weighted by Gasteiger charge is -2.16. The van der Waals surface area contributed by atoms with Crippen LogP contribution in [0, 0.1) is 11.5 Å². The van der Waals surface area contributed by atoms with Gasteiger partial charge in [-0.2, -0.15) is 5.26 Å². The molecule has 0 fully saturated rings. The molecule has 0 saturated carbocycles. The van der Waals surface area contributed by atoms with Gasteiger partial charge >= 0.3 is 0 Å². The van der Waals surface area contributed by atoms with E-state index in [1.165, 1.54) is 17.5 Å². The summed E-state index contributed by atoms with van der Waals surface area (Å²) >= 11 is 12.0. The molecular formula is C26H32Cl2N6O. The minimum atomic E-state index is -0.00608. The summed E-state index contributed by atoms with van der Waals surface area (Å²) in [5.74, 6) is 0.121. The molecular weight excluding hydrogens is 483 g/mol. The Morgan fingerprint density at radius 2 is 1.89 bits per heavy atom. The van der Waals surface area contributed by atoms with Crippen molar-refractivity contribution >= 4 is 46.8 Å². The van der Waals surface area contributed by atoms with Gasteiger partial charge in [0.05, 0.1) is 15.7 Å². The first-order valence-corrected chi connectivity index (χ1v) is 12.2. The number of nitriles is 1. The summed E-state index contributed by atoms with van der Waals surface area (Å²) in [7, 11) is 3.62. The van der Waals surface area contributed by atoms with Gasteiger partial charge in [-0.05, 0) is 68.2 Å². The molecule has 0 spiro atoms. The summed E-state index contributed by atoms with van der Waals surface area (Å²) in [6.45, 7) is 2.56. The van der Waals surface area contributed by atoms with Gasteiger partial charge < -0.3 is 16.0 Å². The molecule has 0 heterocycles. The summed E-state index contributed by atoms with van der Waals surface area (Å²) < 4.78 is 0. The molecule has 0 aromatic heterocycles. The van der Waals surface area contributed by atoms with E-state index in [1.807, 2.05) is 48.7 Å². The molecule has 2 aromatic rings. The standard InChI is InChI=1S/C26H32Cl2N6O/c1-31-26(30)34(19-29)22-11-8-20(9-12-22)6-5-7-25(35)32-15-3-4-16-33(2)17-14-21-10-13-23(27)24(28)18-21/h5-6,8-13,18H,3-4,7,14-17H2,1-2H3,(H2,30,31)(H,32,35)/b6-5+. The van der Waals surface area contributed by atoms with Crippen molar-refractivity contribution in [1.82, 2.24) is 10.2 Å². The second kappa shape index (κ2) is 15.0. The first kappa shape index (κ1) is 28.2. The minimum Gasteiger partial charge on any atom is -0.369 e. The first-order valence-electron chi connectivity index (χ1n) is 11.4. The molecule has 35 heavy (non-hydrogen) atoms. The molecule has 2 aromatic carbocycles. The van der Waals surface area contributed by atoms with Gasteiger partial charge in [0, 0.05) is 26.6 Å². The summed E-state index contributed by atoms with van der Waals surface area (Å²) in [5, 5.41) is 13.3. The largest absolute Gasteiger partial charge is 0.369 e. The van der Waals surface area contributed by atoms with E-state index < -0.39 is 0 Å². The number of halogens is 2. The number of likely N-dealkylation sites (N-methyl/N-ethyl adjacent to an activating group) is 1. The van der Waals surface area contributed by atoms with Crippen LogP contribution in [-0.2, 0) is 11.2 Å². The number of unbranched alkanes of at least 4 members (excludes halogenated alkanes) is 1. The van der Waals surface area contributed by atoms with Crippen LogP contribution in [0.4, 0.5) is 5.69 Å². The average molecular weight is 515 g/mol.